The Morgan fingerprint density at radius 3 is 1.86 bits per heavy atom. The number of carbonyl (C=O) groups is 2. The van der Waals surface area contributed by atoms with Gasteiger partial charge in [-0.1, -0.05) is 48.5 Å². The van der Waals surface area contributed by atoms with Crippen molar-refractivity contribution >= 4 is 23.2 Å². The van der Waals surface area contributed by atoms with E-state index in [0.717, 1.165) is 23.2 Å². The van der Waals surface area contributed by atoms with E-state index in [1.807, 2.05) is 68.7 Å². The summed E-state index contributed by atoms with van der Waals surface area (Å²) in [6.07, 6.45) is 0. The summed E-state index contributed by atoms with van der Waals surface area (Å²) < 4.78 is 13.3. The summed E-state index contributed by atoms with van der Waals surface area (Å²) in [7, 11) is 3.98. The number of nitrogens with one attached hydrogen (secondary N) is 2. The number of halogens is 1. The summed E-state index contributed by atoms with van der Waals surface area (Å²) in [6.45, 7) is 0.778. The maximum atomic E-state index is 13.3. The molecule has 4 rings (SSSR count). The Balaban J connectivity index is 1.62. The molecule has 0 bridgehead atoms. The van der Waals surface area contributed by atoms with Crippen molar-refractivity contribution in [2.75, 3.05) is 24.7 Å². The normalized spacial score (nSPS) is 10.7. The van der Waals surface area contributed by atoms with Crippen LogP contribution in [0.4, 0.5) is 15.8 Å². The Morgan fingerprint density at radius 2 is 1.26 bits per heavy atom. The molecule has 2 N–H and O–H groups in total. The highest BCUT2D eigenvalue weighted by molar-refractivity contribution is 6.10. The lowest BCUT2D eigenvalue weighted by Crippen LogP contribution is -2.17. The van der Waals surface area contributed by atoms with E-state index in [2.05, 4.69) is 15.5 Å². The van der Waals surface area contributed by atoms with Gasteiger partial charge in [0.2, 0.25) is 0 Å². The highest BCUT2D eigenvalue weighted by Crippen LogP contribution is 2.30. The largest absolute Gasteiger partial charge is 0.320 e. The molecular formula is C29H26FN3O2. The van der Waals surface area contributed by atoms with Crippen LogP contribution in [0.15, 0.2) is 97.1 Å². The quantitative estimate of drug-likeness (QED) is 0.348. The minimum atomic E-state index is -0.418. The number of hydrogen-bond donors (Lipinski definition) is 2. The monoisotopic (exact) mass is 466 g/mol. The molecule has 0 aromatic heterocycles. The molecule has 0 saturated heterocycles. The van der Waals surface area contributed by atoms with E-state index in [1.54, 1.807) is 18.2 Å². The van der Waals surface area contributed by atoms with Crippen LogP contribution in [-0.4, -0.2) is 30.8 Å². The molecule has 2 amide bonds. The van der Waals surface area contributed by atoms with Gasteiger partial charge in [-0.25, -0.2) is 4.39 Å². The third-order valence-corrected chi connectivity index (χ3v) is 5.44. The zero-order valence-corrected chi connectivity index (χ0v) is 19.6. The van der Waals surface area contributed by atoms with Crippen LogP contribution in [0.5, 0.6) is 0 Å². The molecule has 0 aliphatic heterocycles. The second kappa shape index (κ2) is 10.8. The van der Waals surface area contributed by atoms with Crippen molar-refractivity contribution in [3.63, 3.8) is 0 Å². The van der Waals surface area contributed by atoms with Crippen molar-refractivity contribution in [3.05, 3.63) is 120 Å². The molecule has 4 aromatic rings. The molecule has 4 aromatic carbocycles. The first kappa shape index (κ1) is 23.9. The fourth-order valence-corrected chi connectivity index (χ4v) is 3.68. The van der Waals surface area contributed by atoms with Gasteiger partial charge in [-0.3, -0.25) is 9.59 Å². The molecular weight excluding hydrogens is 440 g/mol. The van der Waals surface area contributed by atoms with Crippen molar-refractivity contribution in [2.24, 2.45) is 0 Å². The van der Waals surface area contributed by atoms with Crippen LogP contribution >= 0.6 is 0 Å². The summed E-state index contributed by atoms with van der Waals surface area (Å²) in [6, 6.07) is 27.9. The number of nitrogens with zero attached hydrogens (tertiary/aromatic N) is 1. The Labute approximate surface area is 204 Å². The third-order valence-electron chi connectivity index (χ3n) is 5.44. The summed E-state index contributed by atoms with van der Waals surface area (Å²) >= 11 is 0. The minimum absolute atomic E-state index is 0.288. The Kier molecular flexibility index (Phi) is 7.33. The standard InChI is InChI=1S/C29H26FN3O2/c1-33(2)19-20-8-10-22(11-9-20)29(35)32-27-18-24(21-6-4-3-5-7-21)14-17-26(27)31-28(34)23-12-15-25(30)16-13-23/h3-18H,19H2,1-2H3,(H,31,34)(H,32,35)/i30-1. The van der Waals surface area contributed by atoms with E-state index in [9.17, 15) is 14.0 Å². The van der Waals surface area contributed by atoms with Crippen molar-refractivity contribution in [3.8, 4) is 11.1 Å². The van der Waals surface area contributed by atoms with Gasteiger partial charge >= 0.3 is 0 Å². The van der Waals surface area contributed by atoms with Gasteiger partial charge in [0.1, 0.15) is 5.82 Å². The average Bonchev–Trinajstić information content (AvgIpc) is 2.86. The Hall–Kier alpha value is -4.29. The van der Waals surface area contributed by atoms with E-state index < -0.39 is 11.7 Å². The SMILES string of the molecule is CN(C)Cc1ccc(C(=O)Nc2cc(-c3ccccc3)ccc2NC(=O)c2ccc([18F])cc2)cc1. The number of anilines is 2. The van der Waals surface area contributed by atoms with Gasteiger partial charge in [0.05, 0.1) is 11.4 Å². The van der Waals surface area contributed by atoms with Crippen LogP contribution < -0.4 is 10.6 Å². The fraction of sp³-hybridized carbons (Fsp3) is 0.103. The van der Waals surface area contributed by atoms with E-state index >= 15 is 0 Å². The van der Waals surface area contributed by atoms with Crippen LogP contribution in [-0.2, 0) is 6.54 Å². The van der Waals surface area contributed by atoms with E-state index in [4.69, 9.17) is 0 Å². The molecule has 0 atom stereocenters. The Morgan fingerprint density at radius 1 is 0.686 bits per heavy atom. The van der Waals surface area contributed by atoms with Gasteiger partial charge in [-0.15, -0.1) is 0 Å². The van der Waals surface area contributed by atoms with Crippen LogP contribution in [0, 0.1) is 5.82 Å². The number of hydrogen-bond acceptors (Lipinski definition) is 3. The van der Waals surface area contributed by atoms with Crippen molar-refractivity contribution in [1.82, 2.24) is 4.90 Å². The molecule has 176 valence electrons. The molecule has 6 heteroatoms. The number of rotatable bonds is 7. The van der Waals surface area contributed by atoms with Crippen molar-refractivity contribution in [2.45, 2.75) is 6.54 Å². The smallest absolute Gasteiger partial charge is 0.255 e. The molecule has 35 heavy (non-hydrogen) atoms. The zero-order chi connectivity index (χ0) is 24.8. The predicted molar refractivity (Wildman–Crippen MR) is 138 cm³/mol. The van der Waals surface area contributed by atoms with Crippen LogP contribution in [0.2, 0.25) is 0 Å². The van der Waals surface area contributed by atoms with Gasteiger partial charge in [0, 0.05) is 17.7 Å². The van der Waals surface area contributed by atoms with Crippen LogP contribution in [0.3, 0.4) is 0 Å². The van der Waals surface area contributed by atoms with Crippen LogP contribution in [0.25, 0.3) is 11.1 Å². The van der Waals surface area contributed by atoms with Gasteiger partial charge < -0.3 is 15.5 Å². The fourth-order valence-electron chi connectivity index (χ4n) is 3.68. The molecule has 0 fully saturated rings. The predicted octanol–water partition coefficient (Wildman–Crippen LogP) is 6.06. The van der Waals surface area contributed by atoms with Gasteiger partial charge in [-0.2, -0.15) is 0 Å². The molecule has 0 spiro atoms. The summed E-state index contributed by atoms with van der Waals surface area (Å²) in [5.74, 6) is -1.11. The topological polar surface area (TPSA) is 61.4 Å². The van der Waals surface area contributed by atoms with Gasteiger partial charge in [-0.05, 0) is 79.3 Å². The lowest BCUT2D eigenvalue weighted by atomic mass is 10.0. The number of carbonyl (C=O) groups excluding carboxylic acids is 2. The lowest BCUT2D eigenvalue weighted by Gasteiger charge is -2.15. The summed E-state index contributed by atoms with van der Waals surface area (Å²) in [4.78, 5) is 27.9. The number of amides is 2. The molecule has 0 radical (unpaired) electrons. The van der Waals surface area contributed by atoms with Crippen LogP contribution in [0.1, 0.15) is 26.3 Å². The summed E-state index contributed by atoms with van der Waals surface area (Å²) in [5.41, 5.74) is 4.70. The summed E-state index contributed by atoms with van der Waals surface area (Å²) in [5, 5.41) is 5.77. The van der Waals surface area contributed by atoms with E-state index in [-0.39, 0.29) is 5.91 Å². The third kappa shape index (κ3) is 6.19. The maximum Gasteiger partial charge on any atom is 0.255 e. The first-order valence-electron chi connectivity index (χ1n) is 11.2. The first-order chi connectivity index (χ1) is 16.9. The molecule has 0 heterocycles. The second-order valence-electron chi connectivity index (χ2n) is 8.48. The Bertz CT molecular complexity index is 1320. The zero-order valence-electron chi connectivity index (χ0n) is 19.6. The highest BCUT2D eigenvalue weighted by atomic mass is 18.2. The molecule has 0 aliphatic rings. The highest BCUT2D eigenvalue weighted by Gasteiger charge is 2.14. The second-order valence-corrected chi connectivity index (χ2v) is 8.48. The molecule has 5 nitrogen and oxygen atoms in total. The lowest BCUT2D eigenvalue weighted by molar-refractivity contribution is 0.101. The molecule has 0 saturated carbocycles. The van der Waals surface area contributed by atoms with Gasteiger partial charge in [0.15, 0.2) is 0 Å². The minimum Gasteiger partial charge on any atom is -0.320 e. The maximum absolute atomic E-state index is 13.3. The first-order valence-corrected chi connectivity index (χ1v) is 11.2. The van der Waals surface area contributed by atoms with Gasteiger partial charge in [0.25, 0.3) is 11.8 Å². The number of benzene rings is 4. The van der Waals surface area contributed by atoms with E-state index in [0.29, 0.717) is 22.5 Å². The molecule has 0 unspecified atom stereocenters. The molecule has 0 aliphatic carbocycles. The van der Waals surface area contributed by atoms with Crippen molar-refractivity contribution < 1.29 is 14.0 Å². The average molecular weight is 467 g/mol. The van der Waals surface area contributed by atoms with E-state index in [1.165, 1.54) is 24.3 Å². The van der Waals surface area contributed by atoms with Crippen molar-refractivity contribution in [1.29, 1.82) is 0 Å².